The third-order valence-electron chi connectivity index (χ3n) is 2.70. The van der Waals surface area contributed by atoms with Crippen LogP contribution in [0.25, 0.3) is 0 Å². The number of aromatic nitrogens is 2. The molecular weight excluding hydrogens is 278 g/mol. The summed E-state index contributed by atoms with van der Waals surface area (Å²) in [4.78, 5) is 23.0. The van der Waals surface area contributed by atoms with Crippen LogP contribution < -0.4 is 14.8 Å². The lowest BCUT2D eigenvalue weighted by Gasteiger charge is -2.11. The Morgan fingerprint density at radius 3 is 2.33 bits per heavy atom. The number of methoxy groups -OCH3 is 2. The Morgan fingerprint density at radius 2 is 1.86 bits per heavy atom. The number of amides is 1. The van der Waals surface area contributed by atoms with Gasteiger partial charge >= 0.3 is 5.97 Å². The molecule has 0 aliphatic heterocycles. The van der Waals surface area contributed by atoms with E-state index in [0.717, 1.165) is 0 Å². The highest BCUT2D eigenvalue weighted by Gasteiger charge is 2.19. The number of H-pyrrole nitrogens is 1. The summed E-state index contributed by atoms with van der Waals surface area (Å²) in [5, 5.41) is 17.3. The van der Waals surface area contributed by atoms with Crippen molar-refractivity contribution in [2.45, 2.75) is 0 Å². The van der Waals surface area contributed by atoms with Crippen molar-refractivity contribution in [3.8, 4) is 11.5 Å². The van der Waals surface area contributed by atoms with E-state index in [2.05, 4.69) is 15.5 Å². The van der Waals surface area contributed by atoms with Crippen LogP contribution in [0.15, 0.2) is 24.3 Å². The maximum absolute atomic E-state index is 12.3. The van der Waals surface area contributed by atoms with Gasteiger partial charge in [-0.2, -0.15) is 5.10 Å². The Morgan fingerprint density at radius 1 is 1.24 bits per heavy atom. The van der Waals surface area contributed by atoms with Gasteiger partial charge in [-0.15, -0.1) is 0 Å². The van der Waals surface area contributed by atoms with Crippen molar-refractivity contribution in [3.63, 3.8) is 0 Å². The van der Waals surface area contributed by atoms with Crippen molar-refractivity contribution in [3.05, 3.63) is 35.5 Å². The average Bonchev–Trinajstić information content (AvgIpc) is 2.94. The number of aromatic carboxylic acids is 1. The molecule has 0 fully saturated rings. The Balaban J connectivity index is 2.29. The van der Waals surface area contributed by atoms with Gasteiger partial charge < -0.3 is 19.9 Å². The second kappa shape index (κ2) is 5.95. The van der Waals surface area contributed by atoms with Gasteiger partial charge in [0.1, 0.15) is 22.8 Å². The Kier molecular flexibility index (Phi) is 4.07. The summed E-state index contributed by atoms with van der Waals surface area (Å²) >= 11 is 0. The largest absolute Gasteiger partial charge is 0.496 e. The number of nitrogens with zero attached hydrogens (tertiary/aromatic N) is 1. The number of carbonyl (C=O) groups excluding carboxylic acids is 1. The number of nitrogens with one attached hydrogen (secondary N) is 2. The van der Waals surface area contributed by atoms with E-state index in [1.165, 1.54) is 20.3 Å². The topological polar surface area (TPSA) is 114 Å². The van der Waals surface area contributed by atoms with Crippen LogP contribution in [-0.4, -0.2) is 41.4 Å². The van der Waals surface area contributed by atoms with Crippen molar-refractivity contribution < 1.29 is 24.2 Å². The molecule has 2 aromatic rings. The van der Waals surface area contributed by atoms with Crippen molar-refractivity contribution in [2.75, 3.05) is 19.5 Å². The first-order valence-electron chi connectivity index (χ1n) is 5.88. The molecule has 1 aromatic carbocycles. The molecule has 3 N–H and O–H groups in total. The van der Waals surface area contributed by atoms with Gasteiger partial charge in [0.05, 0.1) is 14.2 Å². The number of benzene rings is 1. The van der Waals surface area contributed by atoms with Gasteiger partial charge in [0.15, 0.2) is 5.82 Å². The number of aromatic amines is 1. The number of anilines is 1. The number of hydrogen-bond acceptors (Lipinski definition) is 5. The molecule has 0 spiro atoms. The molecule has 21 heavy (non-hydrogen) atoms. The third-order valence-corrected chi connectivity index (χ3v) is 2.70. The minimum atomic E-state index is -1.17. The quantitative estimate of drug-likeness (QED) is 0.766. The maximum Gasteiger partial charge on any atom is 0.353 e. The lowest BCUT2D eigenvalue weighted by atomic mass is 10.1. The van der Waals surface area contributed by atoms with Crippen molar-refractivity contribution in [2.24, 2.45) is 0 Å². The van der Waals surface area contributed by atoms with E-state index >= 15 is 0 Å². The molecular formula is C13H13N3O5. The zero-order valence-corrected chi connectivity index (χ0v) is 11.3. The van der Waals surface area contributed by atoms with Crippen molar-refractivity contribution in [1.82, 2.24) is 10.2 Å². The average molecular weight is 291 g/mol. The number of carboxylic acids is 1. The molecule has 2 rings (SSSR count). The van der Waals surface area contributed by atoms with Crippen LogP contribution in [0.1, 0.15) is 20.8 Å². The second-order valence-corrected chi connectivity index (χ2v) is 3.96. The number of carbonyl (C=O) groups is 2. The molecule has 1 heterocycles. The molecule has 0 aliphatic carbocycles. The molecule has 0 saturated heterocycles. The van der Waals surface area contributed by atoms with Gasteiger partial charge in [0, 0.05) is 6.07 Å². The Hall–Kier alpha value is -3.03. The first-order valence-corrected chi connectivity index (χ1v) is 5.88. The summed E-state index contributed by atoms with van der Waals surface area (Å²) in [7, 11) is 2.87. The summed E-state index contributed by atoms with van der Waals surface area (Å²) in [5.74, 6) is -0.933. The van der Waals surface area contributed by atoms with Crippen LogP contribution in [0.4, 0.5) is 5.82 Å². The number of carboxylic acid groups (broad SMARTS) is 1. The monoisotopic (exact) mass is 291 g/mol. The van der Waals surface area contributed by atoms with E-state index in [4.69, 9.17) is 14.6 Å². The van der Waals surface area contributed by atoms with Gasteiger partial charge in [-0.3, -0.25) is 9.89 Å². The highest BCUT2D eigenvalue weighted by atomic mass is 16.5. The summed E-state index contributed by atoms with van der Waals surface area (Å²) in [5.41, 5.74) is 0.0691. The number of hydrogen-bond donors (Lipinski definition) is 3. The molecule has 8 heteroatoms. The van der Waals surface area contributed by atoms with Gasteiger partial charge in [0.25, 0.3) is 5.91 Å². The van der Waals surface area contributed by atoms with E-state index in [-0.39, 0.29) is 17.1 Å². The summed E-state index contributed by atoms with van der Waals surface area (Å²) in [6.07, 6.45) is 0. The van der Waals surface area contributed by atoms with Gasteiger partial charge in [-0.1, -0.05) is 6.07 Å². The van der Waals surface area contributed by atoms with Crippen molar-refractivity contribution >= 4 is 17.7 Å². The molecule has 0 saturated carbocycles. The fraction of sp³-hybridized carbons (Fsp3) is 0.154. The third kappa shape index (κ3) is 2.94. The minimum absolute atomic E-state index is 0.0883. The fourth-order valence-electron chi connectivity index (χ4n) is 1.75. The zero-order valence-electron chi connectivity index (χ0n) is 11.3. The summed E-state index contributed by atoms with van der Waals surface area (Å²) in [6, 6.07) is 6.13. The minimum Gasteiger partial charge on any atom is -0.496 e. The Bertz CT molecular complexity index is 658. The fourth-order valence-corrected chi connectivity index (χ4v) is 1.75. The lowest BCUT2D eigenvalue weighted by Crippen LogP contribution is -2.14. The maximum atomic E-state index is 12.3. The van der Waals surface area contributed by atoms with Crippen LogP contribution in [0.3, 0.4) is 0 Å². The SMILES string of the molecule is COc1cccc(OC)c1C(=O)Nc1cc(C(=O)O)[nH]n1. The molecule has 0 radical (unpaired) electrons. The van der Waals surface area contributed by atoms with E-state index in [9.17, 15) is 9.59 Å². The van der Waals surface area contributed by atoms with Crippen LogP contribution >= 0.6 is 0 Å². The van der Waals surface area contributed by atoms with Crippen LogP contribution in [-0.2, 0) is 0 Å². The van der Waals surface area contributed by atoms with E-state index in [1.54, 1.807) is 18.2 Å². The number of rotatable bonds is 5. The van der Waals surface area contributed by atoms with E-state index < -0.39 is 11.9 Å². The molecule has 0 aliphatic rings. The second-order valence-electron chi connectivity index (χ2n) is 3.96. The molecule has 0 bridgehead atoms. The zero-order chi connectivity index (χ0) is 15.4. The predicted octanol–water partition coefficient (Wildman–Crippen LogP) is 1.38. The molecule has 0 atom stereocenters. The molecule has 0 unspecified atom stereocenters. The van der Waals surface area contributed by atoms with Crippen LogP contribution in [0.5, 0.6) is 11.5 Å². The molecule has 1 aromatic heterocycles. The van der Waals surface area contributed by atoms with Crippen LogP contribution in [0, 0.1) is 0 Å². The molecule has 1 amide bonds. The lowest BCUT2D eigenvalue weighted by molar-refractivity contribution is 0.0690. The smallest absolute Gasteiger partial charge is 0.353 e. The van der Waals surface area contributed by atoms with E-state index in [0.29, 0.717) is 11.5 Å². The number of ether oxygens (including phenoxy) is 2. The van der Waals surface area contributed by atoms with Gasteiger partial charge in [0.2, 0.25) is 0 Å². The highest BCUT2D eigenvalue weighted by molar-refractivity contribution is 6.08. The van der Waals surface area contributed by atoms with Crippen molar-refractivity contribution in [1.29, 1.82) is 0 Å². The van der Waals surface area contributed by atoms with Gasteiger partial charge in [-0.25, -0.2) is 4.79 Å². The normalized spacial score (nSPS) is 10.0. The predicted molar refractivity (Wildman–Crippen MR) is 73.0 cm³/mol. The first-order chi connectivity index (χ1) is 10.1. The van der Waals surface area contributed by atoms with E-state index in [1.807, 2.05) is 0 Å². The van der Waals surface area contributed by atoms with Gasteiger partial charge in [-0.05, 0) is 12.1 Å². The molecule has 110 valence electrons. The Labute approximate surface area is 119 Å². The highest BCUT2D eigenvalue weighted by Crippen LogP contribution is 2.28. The summed E-state index contributed by atoms with van der Waals surface area (Å²) < 4.78 is 10.3. The van der Waals surface area contributed by atoms with Crippen LogP contribution in [0.2, 0.25) is 0 Å². The summed E-state index contributed by atoms with van der Waals surface area (Å²) in [6.45, 7) is 0. The standard InChI is InChI=1S/C13H13N3O5/c1-20-8-4-3-5-9(21-2)11(8)12(17)14-10-6-7(13(18)19)15-16-10/h3-6H,1-2H3,(H,18,19)(H2,14,15,16,17). The first kappa shape index (κ1) is 14.4. The molecule has 8 nitrogen and oxygen atoms in total.